The third kappa shape index (κ3) is 2.75. The summed E-state index contributed by atoms with van der Waals surface area (Å²) >= 11 is 0. The van der Waals surface area contributed by atoms with Crippen molar-refractivity contribution in [3.05, 3.63) is 36.4 Å². The van der Waals surface area contributed by atoms with E-state index in [9.17, 15) is 4.39 Å². The van der Waals surface area contributed by atoms with Crippen LogP contribution in [0.15, 0.2) is 35.1 Å². The van der Waals surface area contributed by atoms with E-state index in [1.54, 1.807) is 12.1 Å². The number of rotatable bonds is 4. The van der Waals surface area contributed by atoms with Crippen molar-refractivity contribution >= 4 is 16.9 Å². The molecule has 4 rings (SSSR count). The highest BCUT2D eigenvalue weighted by atomic mass is 19.1. The number of aromatic nitrogens is 3. The molecule has 1 atom stereocenters. The van der Waals surface area contributed by atoms with E-state index in [1.165, 1.54) is 18.5 Å². The molecule has 118 valence electrons. The molecule has 1 N–H and O–H groups in total. The van der Waals surface area contributed by atoms with Crippen LogP contribution in [0.3, 0.4) is 0 Å². The van der Waals surface area contributed by atoms with Gasteiger partial charge in [0.2, 0.25) is 0 Å². The fourth-order valence-electron chi connectivity index (χ4n) is 2.74. The van der Waals surface area contributed by atoms with Crippen molar-refractivity contribution in [1.29, 1.82) is 0 Å². The summed E-state index contributed by atoms with van der Waals surface area (Å²) in [4.78, 5) is 8.39. The average Bonchev–Trinajstić information content (AvgIpc) is 3.23. The van der Waals surface area contributed by atoms with Gasteiger partial charge in [-0.25, -0.2) is 9.37 Å². The normalized spacial score (nSPS) is 17.7. The molecule has 1 saturated heterocycles. The van der Waals surface area contributed by atoms with Gasteiger partial charge in [-0.05, 0) is 37.1 Å². The number of hydrogen-bond donors (Lipinski definition) is 1. The average molecular weight is 314 g/mol. The van der Waals surface area contributed by atoms with Crippen molar-refractivity contribution < 1.29 is 13.7 Å². The van der Waals surface area contributed by atoms with Gasteiger partial charge in [0, 0.05) is 18.7 Å². The topological polar surface area (TPSA) is 73.1 Å². The maximum absolute atomic E-state index is 13.1. The SMILES string of the molecule is Fc1ccc(-c2noc3ncnc(NC[C@H]4CCCO4)c23)cc1. The minimum Gasteiger partial charge on any atom is -0.376 e. The van der Waals surface area contributed by atoms with Gasteiger partial charge >= 0.3 is 0 Å². The molecular weight excluding hydrogens is 299 g/mol. The summed E-state index contributed by atoms with van der Waals surface area (Å²) in [6.07, 6.45) is 3.74. The minimum atomic E-state index is -0.297. The van der Waals surface area contributed by atoms with Crippen LogP contribution in [-0.4, -0.2) is 34.4 Å². The number of ether oxygens (including phenoxy) is 1. The second kappa shape index (κ2) is 5.92. The Bertz CT molecular complexity index is 813. The molecule has 0 radical (unpaired) electrons. The first kappa shape index (κ1) is 14.1. The van der Waals surface area contributed by atoms with Crippen LogP contribution in [-0.2, 0) is 4.74 Å². The Morgan fingerprint density at radius 1 is 1.22 bits per heavy atom. The predicted octanol–water partition coefficient (Wildman–Crippen LogP) is 3.01. The van der Waals surface area contributed by atoms with Crippen molar-refractivity contribution in [2.24, 2.45) is 0 Å². The van der Waals surface area contributed by atoms with Gasteiger partial charge in [-0.3, -0.25) is 0 Å². The summed E-state index contributed by atoms with van der Waals surface area (Å²) in [5.74, 6) is 0.348. The lowest BCUT2D eigenvalue weighted by Crippen LogP contribution is -2.19. The summed E-state index contributed by atoms with van der Waals surface area (Å²) in [7, 11) is 0. The van der Waals surface area contributed by atoms with Crippen molar-refractivity contribution in [2.45, 2.75) is 18.9 Å². The molecule has 0 bridgehead atoms. The Hall–Kier alpha value is -2.54. The lowest BCUT2D eigenvalue weighted by Gasteiger charge is -2.11. The van der Waals surface area contributed by atoms with Gasteiger partial charge < -0.3 is 14.6 Å². The fourth-order valence-corrected chi connectivity index (χ4v) is 2.74. The zero-order chi connectivity index (χ0) is 15.6. The van der Waals surface area contributed by atoms with Crippen molar-refractivity contribution in [2.75, 3.05) is 18.5 Å². The van der Waals surface area contributed by atoms with Gasteiger partial charge in [-0.1, -0.05) is 5.16 Å². The van der Waals surface area contributed by atoms with E-state index in [0.29, 0.717) is 29.2 Å². The number of nitrogens with zero attached hydrogens (tertiary/aromatic N) is 3. The molecule has 1 aliphatic rings. The summed E-state index contributed by atoms with van der Waals surface area (Å²) in [5, 5.41) is 8.04. The standard InChI is InChI=1S/C16H15FN4O2/c17-11-5-3-10(4-6-11)14-13-15(18-8-12-2-1-7-22-12)19-9-20-16(13)23-21-14/h3-6,9,12H,1-2,7-8H2,(H,18,19,20)/t12-/m1/s1. The van der Waals surface area contributed by atoms with Crippen LogP contribution in [0.5, 0.6) is 0 Å². The molecule has 23 heavy (non-hydrogen) atoms. The van der Waals surface area contributed by atoms with E-state index in [2.05, 4.69) is 20.4 Å². The molecule has 0 aliphatic carbocycles. The molecule has 0 unspecified atom stereocenters. The van der Waals surface area contributed by atoms with Crippen molar-refractivity contribution in [3.63, 3.8) is 0 Å². The molecule has 2 aromatic heterocycles. The molecule has 1 aromatic carbocycles. The molecule has 0 saturated carbocycles. The Labute approximate surface area is 131 Å². The van der Waals surface area contributed by atoms with Crippen LogP contribution >= 0.6 is 0 Å². The molecule has 3 aromatic rings. The van der Waals surface area contributed by atoms with E-state index >= 15 is 0 Å². The smallest absolute Gasteiger partial charge is 0.263 e. The Morgan fingerprint density at radius 3 is 2.87 bits per heavy atom. The largest absolute Gasteiger partial charge is 0.376 e. The molecule has 3 heterocycles. The van der Waals surface area contributed by atoms with Gasteiger partial charge in [0.15, 0.2) is 0 Å². The van der Waals surface area contributed by atoms with Crippen LogP contribution in [0, 0.1) is 5.82 Å². The highest BCUT2D eigenvalue weighted by molar-refractivity contribution is 5.97. The first-order valence-electron chi connectivity index (χ1n) is 7.53. The Balaban J connectivity index is 1.69. The minimum absolute atomic E-state index is 0.189. The quantitative estimate of drug-likeness (QED) is 0.798. The lowest BCUT2D eigenvalue weighted by molar-refractivity contribution is 0.120. The van der Waals surface area contributed by atoms with Gasteiger partial charge in [0.1, 0.15) is 29.0 Å². The first-order chi connectivity index (χ1) is 11.3. The van der Waals surface area contributed by atoms with E-state index in [1.807, 2.05) is 0 Å². The van der Waals surface area contributed by atoms with Crippen LogP contribution in [0.25, 0.3) is 22.4 Å². The van der Waals surface area contributed by atoms with E-state index in [0.717, 1.165) is 25.0 Å². The first-order valence-corrected chi connectivity index (χ1v) is 7.53. The summed E-state index contributed by atoms with van der Waals surface area (Å²) < 4.78 is 24.0. The van der Waals surface area contributed by atoms with E-state index < -0.39 is 0 Å². The number of halogens is 1. The van der Waals surface area contributed by atoms with E-state index in [-0.39, 0.29) is 11.9 Å². The molecule has 6 nitrogen and oxygen atoms in total. The molecule has 1 fully saturated rings. The number of anilines is 1. The van der Waals surface area contributed by atoms with Gasteiger partial charge in [0.05, 0.1) is 6.10 Å². The number of benzene rings is 1. The highest BCUT2D eigenvalue weighted by Crippen LogP contribution is 2.31. The highest BCUT2D eigenvalue weighted by Gasteiger charge is 2.19. The van der Waals surface area contributed by atoms with Crippen LogP contribution < -0.4 is 5.32 Å². The Morgan fingerprint density at radius 2 is 2.09 bits per heavy atom. The van der Waals surface area contributed by atoms with Crippen LogP contribution in [0.4, 0.5) is 10.2 Å². The summed E-state index contributed by atoms with van der Waals surface area (Å²) in [6, 6.07) is 6.09. The molecular formula is C16H15FN4O2. The number of fused-ring (bicyclic) bond motifs is 1. The third-order valence-corrected chi connectivity index (χ3v) is 3.91. The van der Waals surface area contributed by atoms with Crippen LogP contribution in [0.1, 0.15) is 12.8 Å². The molecule has 0 amide bonds. The van der Waals surface area contributed by atoms with Gasteiger partial charge in [0.25, 0.3) is 5.71 Å². The summed E-state index contributed by atoms with van der Waals surface area (Å²) in [6.45, 7) is 1.47. The monoisotopic (exact) mass is 314 g/mol. The van der Waals surface area contributed by atoms with Crippen molar-refractivity contribution in [1.82, 2.24) is 15.1 Å². The third-order valence-electron chi connectivity index (χ3n) is 3.91. The maximum Gasteiger partial charge on any atom is 0.263 e. The zero-order valence-corrected chi connectivity index (χ0v) is 12.3. The molecule has 1 aliphatic heterocycles. The van der Waals surface area contributed by atoms with Gasteiger partial charge in [-0.15, -0.1) is 0 Å². The number of nitrogens with one attached hydrogen (secondary N) is 1. The predicted molar refractivity (Wildman–Crippen MR) is 82.5 cm³/mol. The summed E-state index contributed by atoms with van der Waals surface area (Å²) in [5.41, 5.74) is 1.74. The second-order valence-electron chi connectivity index (χ2n) is 5.46. The fraction of sp³-hybridized carbons (Fsp3) is 0.312. The van der Waals surface area contributed by atoms with Gasteiger partial charge in [-0.2, -0.15) is 4.98 Å². The lowest BCUT2D eigenvalue weighted by atomic mass is 10.1. The van der Waals surface area contributed by atoms with Crippen LogP contribution in [0.2, 0.25) is 0 Å². The maximum atomic E-state index is 13.1. The van der Waals surface area contributed by atoms with Crippen molar-refractivity contribution in [3.8, 4) is 11.3 Å². The van der Waals surface area contributed by atoms with E-state index in [4.69, 9.17) is 9.26 Å². The zero-order valence-electron chi connectivity index (χ0n) is 12.3. The molecule has 7 heteroatoms. The Kier molecular flexibility index (Phi) is 3.63. The second-order valence-corrected chi connectivity index (χ2v) is 5.46. The number of hydrogen-bond acceptors (Lipinski definition) is 6. The molecule has 0 spiro atoms.